The molecule has 1 saturated carbocycles. The van der Waals surface area contributed by atoms with Gasteiger partial charge in [-0.2, -0.15) is 9.97 Å². The highest BCUT2D eigenvalue weighted by Gasteiger charge is 2.28. The van der Waals surface area contributed by atoms with E-state index in [1.807, 2.05) is 7.05 Å². The molecule has 2 aliphatic rings. The first-order valence-corrected chi connectivity index (χ1v) is 7.97. The maximum atomic E-state index is 5.94. The lowest BCUT2D eigenvalue weighted by atomic mass is 9.97. The second-order valence-corrected chi connectivity index (χ2v) is 6.19. The van der Waals surface area contributed by atoms with E-state index in [2.05, 4.69) is 32.1 Å². The molecule has 6 heteroatoms. The minimum absolute atomic E-state index is 0.370. The third-order valence-electron chi connectivity index (χ3n) is 4.75. The molecule has 1 saturated heterocycles. The van der Waals surface area contributed by atoms with Gasteiger partial charge in [-0.05, 0) is 25.8 Å². The van der Waals surface area contributed by atoms with Gasteiger partial charge < -0.3 is 20.9 Å². The molecule has 0 atom stereocenters. The molecule has 21 heavy (non-hydrogen) atoms. The molecule has 1 aliphatic carbocycles. The van der Waals surface area contributed by atoms with E-state index in [0.717, 1.165) is 37.8 Å². The zero-order valence-electron chi connectivity index (χ0n) is 13.1. The Morgan fingerprint density at radius 2 is 1.76 bits per heavy atom. The zero-order chi connectivity index (χ0) is 14.8. The van der Waals surface area contributed by atoms with Gasteiger partial charge in [-0.15, -0.1) is 0 Å². The average molecular weight is 290 g/mol. The van der Waals surface area contributed by atoms with Crippen molar-refractivity contribution in [2.24, 2.45) is 0 Å². The first-order chi connectivity index (χ1) is 10.2. The predicted octanol–water partition coefficient (Wildman–Crippen LogP) is 1.51. The zero-order valence-corrected chi connectivity index (χ0v) is 13.1. The second-order valence-electron chi connectivity index (χ2n) is 6.19. The summed E-state index contributed by atoms with van der Waals surface area (Å²) in [5, 5.41) is 3.23. The molecule has 0 spiro atoms. The van der Waals surface area contributed by atoms with Gasteiger partial charge in [-0.25, -0.2) is 0 Å². The molecule has 2 heterocycles. The third kappa shape index (κ3) is 2.90. The van der Waals surface area contributed by atoms with Gasteiger partial charge in [0.1, 0.15) is 11.6 Å². The molecular weight excluding hydrogens is 264 g/mol. The van der Waals surface area contributed by atoms with E-state index < -0.39 is 0 Å². The summed E-state index contributed by atoms with van der Waals surface area (Å²) in [6.07, 6.45) is 5.09. The smallest absolute Gasteiger partial charge is 0.223 e. The Morgan fingerprint density at radius 3 is 2.38 bits per heavy atom. The van der Waals surface area contributed by atoms with Crippen LogP contribution < -0.4 is 16.0 Å². The van der Waals surface area contributed by atoms with Crippen LogP contribution in [0.1, 0.15) is 37.2 Å². The largest absolute Gasteiger partial charge is 0.373 e. The van der Waals surface area contributed by atoms with Gasteiger partial charge in [-0.3, -0.25) is 0 Å². The van der Waals surface area contributed by atoms with Crippen LogP contribution in [0, 0.1) is 0 Å². The van der Waals surface area contributed by atoms with E-state index in [-0.39, 0.29) is 0 Å². The van der Waals surface area contributed by atoms with Crippen LogP contribution in [0.25, 0.3) is 0 Å². The molecule has 2 fully saturated rings. The standard InChI is InChI=1S/C15H26N6/c1-17-13-12(11-5-3-4-6-11)14(19-15(16)18-13)21-9-7-20(2)8-10-21/h11H,3-10H2,1-2H3,(H3,16,17,18,19). The summed E-state index contributed by atoms with van der Waals surface area (Å²) in [6, 6.07) is 0. The fourth-order valence-electron chi connectivity index (χ4n) is 3.51. The number of nitrogens with zero attached hydrogens (tertiary/aromatic N) is 4. The molecule has 1 aromatic heterocycles. The molecular formula is C15H26N6. The number of anilines is 3. The molecule has 3 N–H and O–H groups in total. The number of aromatic nitrogens is 2. The monoisotopic (exact) mass is 290 g/mol. The summed E-state index contributed by atoms with van der Waals surface area (Å²) in [6.45, 7) is 4.16. The fraction of sp³-hybridized carbons (Fsp3) is 0.733. The third-order valence-corrected chi connectivity index (χ3v) is 4.75. The van der Waals surface area contributed by atoms with Crippen LogP contribution >= 0.6 is 0 Å². The minimum atomic E-state index is 0.370. The van der Waals surface area contributed by atoms with Crippen LogP contribution in [0.15, 0.2) is 0 Å². The van der Waals surface area contributed by atoms with E-state index in [0.29, 0.717) is 11.9 Å². The van der Waals surface area contributed by atoms with Crippen LogP contribution in [0.4, 0.5) is 17.6 Å². The summed E-state index contributed by atoms with van der Waals surface area (Å²) >= 11 is 0. The summed E-state index contributed by atoms with van der Waals surface area (Å²) in [5.41, 5.74) is 7.22. The molecule has 0 bridgehead atoms. The molecule has 1 aliphatic heterocycles. The number of likely N-dealkylation sites (N-methyl/N-ethyl adjacent to an activating group) is 1. The highest BCUT2D eigenvalue weighted by molar-refractivity contribution is 5.63. The van der Waals surface area contributed by atoms with Gasteiger partial charge in [0.2, 0.25) is 5.95 Å². The lowest BCUT2D eigenvalue weighted by Crippen LogP contribution is -2.45. The molecule has 3 rings (SSSR count). The van der Waals surface area contributed by atoms with E-state index in [1.54, 1.807) is 0 Å². The van der Waals surface area contributed by atoms with Crippen molar-refractivity contribution in [3.8, 4) is 0 Å². The average Bonchev–Trinajstić information content (AvgIpc) is 3.01. The van der Waals surface area contributed by atoms with Gasteiger partial charge in [0, 0.05) is 38.8 Å². The second kappa shape index (κ2) is 6.05. The van der Waals surface area contributed by atoms with E-state index in [9.17, 15) is 0 Å². The molecule has 0 aromatic carbocycles. The summed E-state index contributed by atoms with van der Waals surface area (Å²) in [5.74, 6) is 2.92. The lowest BCUT2D eigenvalue weighted by molar-refractivity contribution is 0.311. The molecule has 6 nitrogen and oxygen atoms in total. The van der Waals surface area contributed by atoms with Crippen LogP contribution in [-0.4, -0.2) is 55.1 Å². The topological polar surface area (TPSA) is 70.3 Å². The van der Waals surface area contributed by atoms with Crippen molar-refractivity contribution >= 4 is 17.6 Å². The van der Waals surface area contributed by atoms with Crippen molar-refractivity contribution in [2.45, 2.75) is 31.6 Å². The summed E-state index contributed by atoms with van der Waals surface area (Å²) in [4.78, 5) is 13.8. The number of nitrogens with one attached hydrogen (secondary N) is 1. The normalized spacial score (nSPS) is 21.0. The SMILES string of the molecule is CNc1nc(N)nc(N2CCN(C)CC2)c1C1CCCC1. The minimum Gasteiger partial charge on any atom is -0.373 e. The fourth-order valence-corrected chi connectivity index (χ4v) is 3.51. The van der Waals surface area contributed by atoms with Gasteiger partial charge in [0.15, 0.2) is 0 Å². The Hall–Kier alpha value is -1.56. The maximum absolute atomic E-state index is 5.94. The number of rotatable bonds is 3. The van der Waals surface area contributed by atoms with Crippen LogP contribution in [0.5, 0.6) is 0 Å². The Kier molecular flexibility index (Phi) is 4.14. The van der Waals surface area contributed by atoms with Crippen molar-refractivity contribution in [1.29, 1.82) is 0 Å². The Morgan fingerprint density at radius 1 is 1.10 bits per heavy atom. The maximum Gasteiger partial charge on any atom is 0.223 e. The molecule has 1 aromatic rings. The number of piperazine rings is 1. The summed E-state index contributed by atoms with van der Waals surface area (Å²) in [7, 11) is 4.09. The first kappa shape index (κ1) is 14.4. The highest BCUT2D eigenvalue weighted by Crippen LogP contribution is 2.41. The highest BCUT2D eigenvalue weighted by atomic mass is 15.3. The molecule has 116 valence electrons. The molecule has 0 unspecified atom stereocenters. The van der Waals surface area contributed by atoms with Crippen LogP contribution in [0.2, 0.25) is 0 Å². The van der Waals surface area contributed by atoms with E-state index in [1.165, 1.54) is 31.2 Å². The lowest BCUT2D eigenvalue weighted by Gasteiger charge is -2.35. The Balaban J connectivity index is 1.98. The van der Waals surface area contributed by atoms with Gasteiger partial charge in [0.05, 0.1) is 0 Å². The Bertz CT molecular complexity index is 489. The van der Waals surface area contributed by atoms with Crippen LogP contribution in [-0.2, 0) is 0 Å². The van der Waals surface area contributed by atoms with Crippen LogP contribution in [0.3, 0.4) is 0 Å². The number of nitrogen functional groups attached to an aromatic ring is 1. The number of hydrogen-bond acceptors (Lipinski definition) is 6. The summed E-state index contributed by atoms with van der Waals surface area (Å²) < 4.78 is 0. The predicted molar refractivity (Wildman–Crippen MR) is 86.9 cm³/mol. The van der Waals surface area contributed by atoms with Crippen molar-refractivity contribution in [2.75, 3.05) is 56.2 Å². The quantitative estimate of drug-likeness (QED) is 0.879. The van der Waals surface area contributed by atoms with Gasteiger partial charge in [-0.1, -0.05) is 12.8 Å². The van der Waals surface area contributed by atoms with Crippen molar-refractivity contribution < 1.29 is 0 Å². The van der Waals surface area contributed by atoms with Gasteiger partial charge in [0.25, 0.3) is 0 Å². The van der Waals surface area contributed by atoms with E-state index >= 15 is 0 Å². The molecule has 0 radical (unpaired) electrons. The molecule has 0 amide bonds. The number of hydrogen-bond donors (Lipinski definition) is 2. The van der Waals surface area contributed by atoms with Crippen molar-refractivity contribution in [1.82, 2.24) is 14.9 Å². The van der Waals surface area contributed by atoms with Gasteiger partial charge >= 0.3 is 0 Å². The van der Waals surface area contributed by atoms with E-state index in [4.69, 9.17) is 5.73 Å². The van der Waals surface area contributed by atoms with Crippen molar-refractivity contribution in [3.63, 3.8) is 0 Å². The Labute approximate surface area is 126 Å². The first-order valence-electron chi connectivity index (χ1n) is 7.97. The number of nitrogens with two attached hydrogens (primary N) is 1. The van der Waals surface area contributed by atoms with Crippen molar-refractivity contribution in [3.05, 3.63) is 5.56 Å².